The normalized spacial score (nSPS) is 22.4. The fourth-order valence-electron chi connectivity index (χ4n) is 2.78. The van der Waals surface area contributed by atoms with E-state index in [0.29, 0.717) is 6.42 Å². The summed E-state index contributed by atoms with van der Waals surface area (Å²) in [4.78, 5) is 27.4. The summed E-state index contributed by atoms with van der Waals surface area (Å²) < 4.78 is 0. The zero-order valence-electron chi connectivity index (χ0n) is 12.1. The topological polar surface area (TPSA) is 74.0 Å². The number of fused-ring (bicyclic) bond motifs is 1. The third kappa shape index (κ3) is 2.51. The predicted molar refractivity (Wildman–Crippen MR) is 80.7 cm³/mol. The first kappa shape index (κ1) is 13.7. The number of benzene rings is 1. The number of H-pyrrole nitrogens is 1. The molecule has 5 heteroatoms. The van der Waals surface area contributed by atoms with E-state index in [4.69, 9.17) is 0 Å². The van der Waals surface area contributed by atoms with Gasteiger partial charge < -0.3 is 15.6 Å². The van der Waals surface area contributed by atoms with E-state index in [1.54, 1.807) is 0 Å². The Morgan fingerprint density at radius 1 is 1.10 bits per heavy atom. The lowest BCUT2D eigenvalue weighted by Crippen LogP contribution is -2.63. The number of carbonyl (C=O) groups is 2. The summed E-state index contributed by atoms with van der Waals surface area (Å²) in [7, 11) is 0. The van der Waals surface area contributed by atoms with Crippen molar-refractivity contribution < 1.29 is 9.59 Å². The van der Waals surface area contributed by atoms with Gasteiger partial charge in [0.1, 0.15) is 12.1 Å². The Morgan fingerprint density at radius 3 is 2.62 bits per heavy atom. The summed E-state index contributed by atoms with van der Waals surface area (Å²) >= 11 is 0. The Hall–Kier alpha value is -2.30. The summed E-state index contributed by atoms with van der Waals surface area (Å²) in [5.74, 6) is -0.129. The van der Waals surface area contributed by atoms with Gasteiger partial charge in [-0.1, -0.05) is 32.0 Å². The Morgan fingerprint density at radius 2 is 1.86 bits per heavy atom. The van der Waals surface area contributed by atoms with E-state index in [1.165, 1.54) is 0 Å². The lowest BCUT2D eigenvalue weighted by Gasteiger charge is -2.31. The van der Waals surface area contributed by atoms with Gasteiger partial charge in [-0.25, -0.2) is 0 Å². The van der Waals surface area contributed by atoms with Crippen molar-refractivity contribution in [1.29, 1.82) is 0 Å². The lowest BCUT2D eigenvalue weighted by molar-refractivity contribution is -0.137. The molecule has 0 saturated carbocycles. The highest BCUT2D eigenvalue weighted by atomic mass is 16.2. The summed E-state index contributed by atoms with van der Waals surface area (Å²) in [5, 5.41) is 6.74. The SMILES string of the molecule is CC(C)[C@@H]1NC(=O)[C@H](Cc2c[nH]c3ccccc23)NC1=O. The molecule has 5 nitrogen and oxygen atoms in total. The number of aromatic amines is 1. The summed E-state index contributed by atoms with van der Waals surface area (Å²) in [5.41, 5.74) is 2.07. The fraction of sp³-hybridized carbons (Fsp3) is 0.375. The van der Waals surface area contributed by atoms with Crippen molar-refractivity contribution in [1.82, 2.24) is 15.6 Å². The molecule has 3 N–H and O–H groups in total. The van der Waals surface area contributed by atoms with Gasteiger partial charge in [0.05, 0.1) is 0 Å². The molecule has 0 spiro atoms. The van der Waals surface area contributed by atoms with Gasteiger partial charge >= 0.3 is 0 Å². The van der Waals surface area contributed by atoms with Crippen molar-refractivity contribution >= 4 is 22.7 Å². The molecular formula is C16H19N3O2. The second-order valence-electron chi connectivity index (χ2n) is 5.86. The molecule has 0 aliphatic carbocycles. The van der Waals surface area contributed by atoms with Crippen molar-refractivity contribution in [2.75, 3.05) is 0 Å². The van der Waals surface area contributed by atoms with Crippen LogP contribution in [0.1, 0.15) is 19.4 Å². The molecule has 21 heavy (non-hydrogen) atoms. The Kier molecular flexibility index (Phi) is 3.41. The first-order chi connectivity index (χ1) is 10.1. The zero-order valence-corrected chi connectivity index (χ0v) is 12.1. The maximum Gasteiger partial charge on any atom is 0.243 e. The second kappa shape index (κ2) is 5.24. The number of rotatable bonds is 3. The van der Waals surface area contributed by atoms with E-state index in [0.717, 1.165) is 16.5 Å². The van der Waals surface area contributed by atoms with Crippen molar-refractivity contribution in [2.45, 2.75) is 32.4 Å². The first-order valence-electron chi connectivity index (χ1n) is 7.22. The van der Waals surface area contributed by atoms with Gasteiger partial charge in [-0.05, 0) is 17.5 Å². The Bertz CT molecular complexity index is 690. The third-order valence-electron chi connectivity index (χ3n) is 3.98. The number of aromatic nitrogens is 1. The van der Waals surface area contributed by atoms with Crippen LogP contribution in [0.3, 0.4) is 0 Å². The number of hydrogen-bond acceptors (Lipinski definition) is 2. The van der Waals surface area contributed by atoms with E-state index in [1.807, 2.05) is 44.3 Å². The second-order valence-corrected chi connectivity index (χ2v) is 5.86. The van der Waals surface area contributed by atoms with Crippen molar-refractivity contribution in [2.24, 2.45) is 5.92 Å². The van der Waals surface area contributed by atoms with Crippen LogP contribution < -0.4 is 10.6 Å². The van der Waals surface area contributed by atoms with E-state index >= 15 is 0 Å². The van der Waals surface area contributed by atoms with Gasteiger partial charge in [0.2, 0.25) is 11.8 Å². The van der Waals surface area contributed by atoms with Crippen LogP contribution in [0.4, 0.5) is 0 Å². The van der Waals surface area contributed by atoms with Gasteiger partial charge in [0.15, 0.2) is 0 Å². The monoisotopic (exact) mass is 285 g/mol. The number of nitrogens with one attached hydrogen (secondary N) is 3. The molecule has 1 fully saturated rings. The van der Waals surface area contributed by atoms with Crippen LogP contribution in [0, 0.1) is 5.92 Å². The molecule has 0 radical (unpaired) electrons. The molecule has 2 heterocycles. The maximum atomic E-state index is 12.2. The molecular weight excluding hydrogens is 266 g/mol. The number of hydrogen-bond donors (Lipinski definition) is 3. The average Bonchev–Trinajstić information content (AvgIpc) is 2.85. The first-order valence-corrected chi connectivity index (χ1v) is 7.22. The van der Waals surface area contributed by atoms with Crippen LogP contribution in [0.25, 0.3) is 10.9 Å². The number of carbonyl (C=O) groups excluding carboxylic acids is 2. The molecule has 110 valence electrons. The van der Waals surface area contributed by atoms with Crippen LogP contribution in [0.15, 0.2) is 30.5 Å². The Balaban J connectivity index is 1.79. The van der Waals surface area contributed by atoms with E-state index in [9.17, 15) is 9.59 Å². The van der Waals surface area contributed by atoms with Gasteiger partial charge in [0.25, 0.3) is 0 Å². The van der Waals surface area contributed by atoms with Crippen LogP contribution in [0.5, 0.6) is 0 Å². The third-order valence-corrected chi connectivity index (χ3v) is 3.98. The van der Waals surface area contributed by atoms with Gasteiger partial charge in [-0.3, -0.25) is 9.59 Å². The highest BCUT2D eigenvalue weighted by Gasteiger charge is 2.35. The van der Waals surface area contributed by atoms with Crippen LogP contribution in [-0.2, 0) is 16.0 Å². The zero-order chi connectivity index (χ0) is 15.0. The fourth-order valence-corrected chi connectivity index (χ4v) is 2.78. The highest BCUT2D eigenvalue weighted by molar-refractivity contribution is 5.97. The quantitative estimate of drug-likeness (QED) is 0.796. The molecule has 2 aromatic rings. The van der Waals surface area contributed by atoms with Crippen molar-refractivity contribution in [3.05, 3.63) is 36.0 Å². The molecule has 3 rings (SSSR count). The molecule has 2 amide bonds. The van der Waals surface area contributed by atoms with Crippen LogP contribution >= 0.6 is 0 Å². The minimum Gasteiger partial charge on any atom is -0.361 e. The van der Waals surface area contributed by atoms with Gasteiger partial charge in [-0.15, -0.1) is 0 Å². The molecule has 1 aromatic carbocycles. The van der Waals surface area contributed by atoms with Crippen molar-refractivity contribution in [3.8, 4) is 0 Å². The van der Waals surface area contributed by atoms with Crippen LogP contribution in [-0.4, -0.2) is 28.9 Å². The molecule has 0 unspecified atom stereocenters. The molecule has 1 aliphatic heterocycles. The van der Waals surface area contributed by atoms with E-state index in [2.05, 4.69) is 15.6 Å². The highest BCUT2D eigenvalue weighted by Crippen LogP contribution is 2.20. The molecule has 1 saturated heterocycles. The lowest BCUT2D eigenvalue weighted by atomic mass is 9.97. The maximum absolute atomic E-state index is 12.2. The summed E-state index contributed by atoms with van der Waals surface area (Å²) in [6.45, 7) is 3.84. The number of para-hydroxylation sites is 1. The van der Waals surface area contributed by atoms with Crippen molar-refractivity contribution in [3.63, 3.8) is 0 Å². The molecule has 1 aromatic heterocycles. The number of piperazine rings is 1. The molecule has 2 atom stereocenters. The average molecular weight is 285 g/mol. The predicted octanol–water partition coefficient (Wildman–Crippen LogP) is 1.35. The summed E-state index contributed by atoms with van der Waals surface area (Å²) in [6.07, 6.45) is 2.39. The molecule has 1 aliphatic rings. The minimum absolute atomic E-state index is 0.0861. The van der Waals surface area contributed by atoms with E-state index in [-0.39, 0.29) is 17.7 Å². The van der Waals surface area contributed by atoms with E-state index < -0.39 is 12.1 Å². The minimum atomic E-state index is -0.508. The standard InChI is InChI=1S/C16H19N3O2/c1-9(2)14-16(21)18-13(15(20)19-14)7-10-8-17-12-6-4-3-5-11(10)12/h3-6,8-9,13-14,17H,7H2,1-2H3,(H,18,21)(H,19,20)/t13-,14-/m0/s1. The Labute approximate surface area is 123 Å². The summed E-state index contributed by atoms with van der Waals surface area (Å²) in [6, 6.07) is 7.00. The van der Waals surface area contributed by atoms with Gasteiger partial charge in [0, 0.05) is 23.5 Å². The number of amides is 2. The largest absolute Gasteiger partial charge is 0.361 e. The van der Waals surface area contributed by atoms with Gasteiger partial charge in [-0.2, -0.15) is 0 Å². The van der Waals surface area contributed by atoms with Crippen LogP contribution in [0.2, 0.25) is 0 Å². The smallest absolute Gasteiger partial charge is 0.243 e. The molecule has 0 bridgehead atoms.